The molecule has 0 fully saturated rings. The Morgan fingerprint density at radius 1 is 1.43 bits per heavy atom. The summed E-state index contributed by atoms with van der Waals surface area (Å²) in [4.78, 5) is 0. The molecule has 14 heavy (non-hydrogen) atoms. The van der Waals surface area contributed by atoms with E-state index in [0.717, 1.165) is 10.7 Å². The first kappa shape index (κ1) is 11.3. The van der Waals surface area contributed by atoms with Crippen LogP contribution in [-0.2, 0) is 0 Å². The minimum Gasteiger partial charge on any atom is -0.396 e. The lowest BCUT2D eigenvalue weighted by atomic mass is 10.0. The van der Waals surface area contributed by atoms with Crippen molar-refractivity contribution in [2.24, 2.45) is 0 Å². The molecule has 0 saturated carbocycles. The second kappa shape index (κ2) is 4.67. The largest absolute Gasteiger partial charge is 0.396 e. The molecule has 0 saturated heterocycles. The van der Waals surface area contributed by atoms with Gasteiger partial charge in [-0.25, -0.2) is 0 Å². The van der Waals surface area contributed by atoms with Crippen LogP contribution in [0.3, 0.4) is 0 Å². The summed E-state index contributed by atoms with van der Waals surface area (Å²) in [5, 5.41) is 12.9. The van der Waals surface area contributed by atoms with Crippen LogP contribution in [0, 0.1) is 0 Å². The Morgan fingerprint density at radius 2 is 2.14 bits per heavy atom. The van der Waals surface area contributed by atoms with Gasteiger partial charge in [0.1, 0.15) is 0 Å². The second-order valence-corrected chi connectivity index (χ2v) is 4.43. The summed E-state index contributed by atoms with van der Waals surface area (Å²) in [5.41, 5.74) is 0.871. The third-order valence-corrected chi connectivity index (χ3v) is 2.28. The summed E-state index contributed by atoms with van der Waals surface area (Å²) in [6.45, 7) is 4.27. The first-order valence-corrected chi connectivity index (χ1v) is 5.06. The van der Waals surface area contributed by atoms with E-state index < -0.39 is 0 Å². The molecule has 0 aliphatic heterocycles. The van der Waals surface area contributed by atoms with E-state index >= 15 is 0 Å². The molecule has 0 atom stereocenters. The van der Waals surface area contributed by atoms with Crippen LogP contribution in [0.4, 0.5) is 5.69 Å². The van der Waals surface area contributed by atoms with Crippen molar-refractivity contribution < 1.29 is 5.11 Å². The van der Waals surface area contributed by atoms with Gasteiger partial charge in [-0.1, -0.05) is 17.7 Å². The molecule has 3 heteroatoms. The van der Waals surface area contributed by atoms with Crippen molar-refractivity contribution >= 4 is 17.3 Å². The molecule has 0 spiro atoms. The van der Waals surface area contributed by atoms with Gasteiger partial charge in [0.15, 0.2) is 0 Å². The predicted molar refractivity (Wildman–Crippen MR) is 60.9 cm³/mol. The lowest BCUT2D eigenvalue weighted by molar-refractivity contribution is 0.261. The van der Waals surface area contributed by atoms with Gasteiger partial charge >= 0.3 is 0 Å². The molecular weight excluding hydrogens is 198 g/mol. The van der Waals surface area contributed by atoms with Crippen molar-refractivity contribution in [2.75, 3.05) is 11.9 Å². The van der Waals surface area contributed by atoms with Crippen molar-refractivity contribution in [2.45, 2.75) is 25.8 Å². The minimum absolute atomic E-state index is 0.112. The maximum Gasteiger partial charge on any atom is 0.0453 e. The van der Waals surface area contributed by atoms with Gasteiger partial charge in [-0.05, 0) is 38.5 Å². The van der Waals surface area contributed by atoms with E-state index in [1.165, 1.54) is 0 Å². The molecular formula is C11H16ClNO. The molecule has 0 aromatic heterocycles. The summed E-state index contributed by atoms with van der Waals surface area (Å²) in [7, 11) is 0. The lowest BCUT2D eigenvalue weighted by Crippen LogP contribution is -2.31. The molecule has 1 rings (SSSR count). The molecule has 0 heterocycles. The molecule has 1 aromatic carbocycles. The number of nitrogens with one attached hydrogen (secondary N) is 1. The van der Waals surface area contributed by atoms with Crippen LogP contribution in [0.25, 0.3) is 0 Å². The van der Waals surface area contributed by atoms with Gasteiger partial charge in [0.05, 0.1) is 0 Å². The van der Waals surface area contributed by atoms with Crippen molar-refractivity contribution in [1.29, 1.82) is 0 Å². The highest BCUT2D eigenvalue weighted by Crippen LogP contribution is 2.20. The smallest absolute Gasteiger partial charge is 0.0453 e. The Bertz CT molecular complexity index is 299. The fourth-order valence-corrected chi connectivity index (χ4v) is 1.49. The van der Waals surface area contributed by atoms with E-state index in [0.29, 0.717) is 6.42 Å². The Labute approximate surface area is 89.9 Å². The van der Waals surface area contributed by atoms with Crippen LogP contribution in [0.15, 0.2) is 24.3 Å². The molecule has 1 aromatic rings. The zero-order valence-corrected chi connectivity index (χ0v) is 9.30. The zero-order valence-electron chi connectivity index (χ0n) is 8.55. The van der Waals surface area contributed by atoms with E-state index in [-0.39, 0.29) is 12.1 Å². The third kappa shape index (κ3) is 3.56. The molecule has 0 amide bonds. The Hall–Kier alpha value is -0.730. The van der Waals surface area contributed by atoms with Crippen molar-refractivity contribution in [1.82, 2.24) is 0 Å². The van der Waals surface area contributed by atoms with E-state index in [9.17, 15) is 0 Å². The molecule has 0 aliphatic rings. The molecule has 0 aliphatic carbocycles. The lowest BCUT2D eigenvalue weighted by Gasteiger charge is -2.26. The van der Waals surface area contributed by atoms with Crippen LogP contribution in [0.2, 0.25) is 5.02 Å². The molecule has 0 unspecified atom stereocenters. The van der Waals surface area contributed by atoms with Gasteiger partial charge in [0, 0.05) is 22.9 Å². The highest BCUT2D eigenvalue weighted by atomic mass is 35.5. The molecule has 0 radical (unpaired) electrons. The van der Waals surface area contributed by atoms with Crippen molar-refractivity contribution in [3.63, 3.8) is 0 Å². The summed E-state index contributed by atoms with van der Waals surface area (Å²) >= 11 is 5.86. The van der Waals surface area contributed by atoms with Crippen LogP contribution < -0.4 is 5.32 Å². The van der Waals surface area contributed by atoms with Gasteiger partial charge in [-0.3, -0.25) is 0 Å². The van der Waals surface area contributed by atoms with Crippen LogP contribution in [-0.4, -0.2) is 17.3 Å². The van der Waals surface area contributed by atoms with Gasteiger partial charge in [0.2, 0.25) is 0 Å². The van der Waals surface area contributed by atoms with Gasteiger partial charge < -0.3 is 10.4 Å². The maximum absolute atomic E-state index is 8.87. The van der Waals surface area contributed by atoms with Crippen LogP contribution >= 0.6 is 11.6 Å². The van der Waals surface area contributed by atoms with Gasteiger partial charge in [-0.2, -0.15) is 0 Å². The second-order valence-electron chi connectivity index (χ2n) is 3.99. The summed E-state index contributed by atoms with van der Waals surface area (Å²) in [6, 6.07) is 7.58. The van der Waals surface area contributed by atoms with E-state index in [2.05, 4.69) is 5.32 Å². The number of benzene rings is 1. The Balaban J connectivity index is 2.68. The number of halogens is 1. The van der Waals surface area contributed by atoms with Crippen LogP contribution in [0.1, 0.15) is 20.3 Å². The maximum atomic E-state index is 8.87. The number of aliphatic hydroxyl groups is 1. The summed E-state index contributed by atoms with van der Waals surface area (Å²) < 4.78 is 0. The molecule has 2 N–H and O–H groups in total. The number of rotatable bonds is 4. The highest BCUT2D eigenvalue weighted by molar-refractivity contribution is 6.30. The standard InChI is InChI=1S/C11H16ClNO/c1-11(2,6-7-14)13-10-5-3-4-9(12)8-10/h3-5,8,13-14H,6-7H2,1-2H3. The Kier molecular flexibility index (Phi) is 3.78. The number of aliphatic hydroxyl groups excluding tert-OH is 1. The van der Waals surface area contributed by atoms with Gasteiger partial charge in [0.25, 0.3) is 0 Å². The predicted octanol–water partition coefficient (Wildman–Crippen LogP) is 2.91. The number of hydrogen-bond acceptors (Lipinski definition) is 2. The van der Waals surface area contributed by atoms with E-state index in [4.69, 9.17) is 16.7 Å². The fourth-order valence-electron chi connectivity index (χ4n) is 1.30. The first-order valence-electron chi connectivity index (χ1n) is 4.68. The highest BCUT2D eigenvalue weighted by Gasteiger charge is 2.16. The van der Waals surface area contributed by atoms with E-state index in [1.807, 2.05) is 38.1 Å². The topological polar surface area (TPSA) is 32.3 Å². The number of anilines is 1. The average molecular weight is 214 g/mol. The normalized spacial score (nSPS) is 11.4. The zero-order chi connectivity index (χ0) is 10.6. The average Bonchev–Trinajstić information content (AvgIpc) is 2.02. The monoisotopic (exact) mass is 213 g/mol. The first-order chi connectivity index (χ1) is 6.53. The molecule has 78 valence electrons. The van der Waals surface area contributed by atoms with Crippen molar-refractivity contribution in [3.05, 3.63) is 29.3 Å². The van der Waals surface area contributed by atoms with Crippen molar-refractivity contribution in [3.8, 4) is 0 Å². The van der Waals surface area contributed by atoms with Crippen LogP contribution in [0.5, 0.6) is 0 Å². The quantitative estimate of drug-likeness (QED) is 0.806. The van der Waals surface area contributed by atoms with E-state index in [1.54, 1.807) is 0 Å². The Morgan fingerprint density at radius 3 is 2.71 bits per heavy atom. The SMILES string of the molecule is CC(C)(CCO)Nc1cccc(Cl)c1. The molecule has 2 nitrogen and oxygen atoms in total. The summed E-state index contributed by atoms with van der Waals surface area (Å²) in [6.07, 6.45) is 0.708. The fraction of sp³-hybridized carbons (Fsp3) is 0.455. The van der Waals surface area contributed by atoms with Gasteiger partial charge in [-0.15, -0.1) is 0 Å². The summed E-state index contributed by atoms with van der Waals surface area (Å²) in [5.74, 6) is 0. The number of hydrogen-bond donors (Lipinski definition) is 2. The molecule has 0 bridgehead atoms. The third-order valence-electron chi connectivity index (χ3n) is 2.04. The minimum atomic E-state index is -0.112.